The van der Waals surface area contributed by atoms with E-state index in [1.54, 1.807) is 11.1 Å². The van der Waals surface area contributed by atoms with E-state index in [9.17, 15) is 9.59 Å². The molecule has 5 rings (SSSR count). The summed E-state index contributed by atoms with van der Waals surface area (Å²) in [6.07, 6.45) is 7.06. The van der Waals surface area contributed by atoms with E-state index < -0.39 is 11.8 Å². The standard InChI is InChI=1S/C27H38N6O2S/c1-4-17-11-20(13-29-24(17)28)30-25(34)27(35)33-14-16(2)5-7-22(33)18-6-8-23-21(12-18)31-26(36-23)19-9-10-32(3)15-19/h6,8,11-13,16-17,19,22,24,26,31H,4-5,7,9-10,14-15,28H2,1-3H3,(H,30,34)/t16-,17?,19-,22+,24+,26?/m0/s1. The lowest BCUT2D eigenvalue weighted by Crippen LogP contribution is -2.48. The van der Waals surface area contributed by atoms with Crippen molar-refractivity contribution in [1.82, 2.24) is 15.1 Å². The van der Waals surface area contributed by atoms with E-state index in [-0.39, 0.29) is 18.1 Å². The van der Waals surface area contributed by atoms with Crippen LogP contribution in [0.5, 0.6) is 0 Å². The fourth-order valence-corrected chi connectivity index (χ4v) is 7.11. The van der Waals surface area contributed by atoms with E-state index in [2.05, 4.69) is 52.7 Å². The Kier molecular flexibility index (Phi) is 7.42. The van der Waals surface area contributed by atoms with Gasteiger partial charge in [-0.15, -0.1) is 0 Å². The molecule has 1 aromatic carbocycles. The van der Waals surface area contributed by atoms with Gasteiger partial charge in [-0.1, -0.05) is 37.8 Å². The number of benzene rings is 1. The van der Waals surface area contributed by atoms with Crippen LogP contribution >= 0.6 is 11.8 Å². The van der Waals surface area contributed by atoms with Crippen LogP contribution in [0.25, 0.3) is 0 Å². The van der Waals surface area contributed by atoms with E-state index in [0.29, 0.717) is 29.5 Å². The van der Waals surface area contributed by atoms with Crippen LogP contribution in [0.2, 0.25) is 0 Å². The lowest BCUT2D eigenvalue weighted by atomic mass is 9.89. The number of rotatable bonds is 4. The molecular weight excluding hydrogens is 472 g/mol. The first kappa shape index (κ1) is 25.3. The molecule has 4 aliphatic rings. The van der Waals surface area contributed by atoms with Crippen molar-refractivity contribution in [2.24, 2.45) is 28.5 Å². The molecule has 8 nitrogen and oxygen atoms in total. The molecule has 4 N–H and O–H groups in total. The molecule has 1 aromatic rings. The van der Waals surface area contributed by atoms with Crippen LogP contribution < -0.4 is 16.4 Å². The van der Waals surface area contributed by atoms with Crippen LogP contribution in [0, 0.1) is 17.8 Å². The number of allylic oxidation sites excluding steroid dienone is 1. The first-order valence-electron chi connectivity index (χ1n) is 13.2. The summed E-state index contributed by atoms with van der Waals surface area (Å²) in [6, 6.07) is 6.40. The Balaban J connectivity index is 1.30. The van der Waals surface area contributed by atoms with Crippen LogP contribution in [0.15, 0.2) is 39.9 Å². The minimum atomic E-state index is -0.614. The molecular formula is C27H38N6O2S. The number of hydrogen-bond acceptors (Lipinski definition) is 7. The number of piperidine rings is 1. The highest BCUT2D eigenvalue weighted by Crippen LogP contribution is 2.45. The summed E-state index contributed by atoms with van der Waals surface area (Å²) in [6.45, 7) is 7.02. The van der Waals surface area contributed by atoms with E-state index in [1.807, 2.05) is 24.8 Å². The van der Waals surface area contributed by atoms with Crippen LogP contribution in [-0.2, 0) is 9.59 Å². The SMILES string of the molecule is CCC1C=C(NC(=O)C(=O)N2C[C@@H](C)CC[C@@H]2c2ccc3c(c2)NC([C@H]2CCN(C)C2)S3)C=N[C@H]1N. The van der Waals surface area contributed by atoms with Gasteiger partial charge in [0.1, 0.15) is 6.17 Å². The average Bonchev–Trinajstić information content (AvgIpc) is 3.50. The number of fused-ring (bicyclic) bond motifs is 1. The number of nitrogens with one attached hydrogen (secondary N) is 2. The highest BCUT2D eigenvalue weighted by atomic mass is 32.2. The Labute approximate surface area is 218 Å². The molecule has 2 amide bonds. The molecule has 36 heavy (non-hydrogen) atoms. The quantitative estimate of drug-likeness (QED) is 0.538. The van der Waals surface area contributed by atoms with Gasteiger partial charge in [0, 0.05) is 41.7 Å². The van der Waals surface area contributed by atoms with Gasteiger partial charge in [0.15, 0.2) is 0 Å². The molecule has 0 bridgehead atoms. The third kappa shape index (κ3) is 5.19. The van der Waals surface area contributed by atoms with Crippen molar-refractivity contribution in [3.05, 3.63) is 35.5 Å². The van der Waals surface area contributed by atoms with Gasteiger partial charge in [-0.3, -0.25) is 14.6 Å². The van der Waals surface area contributed by atoms with E-state index >= 15 is 0 Å². The van der Waals surface area contributed by atoms with Crippen molar-refractivity contribution in [2.75, 3.05) is 32.0 Å². The summed E-state index contributed by atoms with van der Waals surface area (Å²) < 4.78 is 0. The number of thioether (sulfide) groups is 1. The Hall–Kier alpha value is -2.36. The predicted octanol–water partition coefficient (Wildman–Crippen LogP) is 3.18. The summed E-state index contributed by atoms with van der Waals surface area (Å²) in [5.41, 5.74) is 8.80. The van der Waals surface area contributed by atoms with Crippen LogP contribution in [0.4, 0.5) is 5.69 Å². The first-order valence-corrected chi connectivity index (χ1v) is 14.1. The second-order valence-corrected chi connectivity index (χ2v) is 12.0. The van der Waals surface area contributed by atoms with Gasteiger partial charge in [-0.05, 0) is 62.9 Å². The minimum absolute atomic E-state index is 0.0494. The first-order chi connectivity index (χ1) is 17.3. The maximum atomic E-state index is 13.4. The van der Waals surface area contributed by atoms with Gasteiger partial charge in [0.25, 0.3) is 0 Å². The number of anilines is 1. The second-order valence-electron chi connectivity index (χ2n) is 10.8. The van der Waals surface area contributed by atoms with Crippen molar-refractivity contribution >= 4 is 35.5 Å². The van der Waals surface area contributed by atoms with Gasteiger partial charge in [0.2, 0.25) is 0 Å². The zero-order valence-electron chi connectivity index (χ0n) is 21.4. The normalized spacial score (nSPS) is 32.1. The molecule has 4 heterocycles. The number of carbonyl (C=O) groups excluding carboxylic acids is 2. The Morgan fingerprint density at radius 2 is 2.08 bits per heavy atom. The molecule has 4 aliphatic heterocycles. The van der Waals surface area contributed by atoms with Gasteiger partial charge in [0.05, 0.1) is 17.1 Å². The maximum Gasteiger partial charge on any atom is 0.313 e. The van der Waals surface area contributed by atoms with Crippen molar-refractivity contribution in [2.45, 2.75) is 62.0 Å². The molecule has 2 fully saturated rings. The van der Waals surface area contributed by atoms with Gasteiger partial charge in [-0.2, -0.15) is 0 Å². The zero-order chi connectivity index (χ0) is 25.4. The number of likely N-dealkylation sites (tertiary alicyclic amines) is 2. The number of aliphatic imine (C=N–C) groups is 1. The maximum absolute atomic E-state index is 13.4. The molecule has 6 atom stereocenters. The smallest absolute Gasteiger partial charge is 0.313 e. The molecule has 0 radical (unpaired) electrons. The molecule has 9 heteroatoms. The molecule has 0 aliphatic carbocycles. The number of nitrogens with zero attached hydrogens (tertiary/aromatic N) is 3. The number of hydrogen-bond donors (Lipinski definition) is 3. The fraction of sp³-hybridized carbons (Fsp3) is 0.593. The van der Waals surface area contributed by atoms with Crippen LogP contribution in [0.3, 0.4) is 0 Å². The van der Waals surface area contributed by atoms with Crippen molar-refractivity contribution in [3.8, 4) is 0 Å². The third-order valence-electron chi connectivity index (χ3n) is 8.02. The van der Waals surface area contributed by atoms with Crippen molar-refractivity contribution < 1.29 is 9.59 Å². The largest absolute Gasteiger partial charge is 0.372 e. The van der Waals surface area contributed by atoms with Gasteiger partial charge >= 0.3 is 11.8 Å². The highest BCUT2D eigenvalue weighted by molar-refractivity contribution is 8.00. The topological polar surface area (TPSA) is 103 Å². The van der Waals surface area contributed by atoms with Crippen molar-refractivity contribution in [1.29, 1.82) is 0 Å². The summed E-state index contributed by atoms with van der Waals surface area (Å²) in [5, 5.41) is 6.91. The Bertz CT molecular complexity index is 1070. The molecule has 0 spiro atoms. The monoisotopic (exact) mass is 510 g/mol. The predicted molar refractivity (Wildman–Crippen MR) is 145 cm³/mol. The summed E-state index contributed by atoms with van der Waals surface area (Å²) in [7, 11) is 2.19. The second kappa shape index (κ2) is 10.6. The fourth-order valence-electron chi connectivity index (χ4n) is 5.84. The summed E-state index contributed by atoms with van der Waals surface area (Å²) >= 11 is 1.91. The van der Waals surface area contributed by atoms with Gasteiger partial charge < -0.3 is 26.2 Å². The summed E-state index contributed by atoms with van der Waals surface area (Å²) in [5.74, 6) is -0.0698. The number of amides is 2. The molecule has 194 valence electrons. The van der Waals surface area contributed by atoms with Crippen LogP contribution in [0.1, 0.15) is 51.1 Å². The molecule has 2 unspecified atom stereocenters. The Morgan fingerprint density at radius 3 is 2.83 bits per heavy atom. The van der Waals surface area contributed by atoms with Crippen molar-refractivity contribution in [3.63, 3.8) is 0 Å². The number of nitrogens with two attached hydrogens (primary N) is 1. The molecule has 0 aromatic heterocycles. The van der Waals surface area contributed by atoms with E-state index in [4.69, 9.17) is 5.73 Å². The van der Waals surface area contributed by atoms with E-state index in [0.717, 1.165) is 43.6 Å². The lowest BCUT2D eigenvalue weighted by molar-refractivity contribution is -0.148. The zero-order valence-corrected chi connectivity index (χ0v) is 22.3. The molecule has 0 saturated carbocycles. The van der Waals surface area contributed by atoms with E-state index in [1.165, 1.54) is 11.3 Å². The summed E-state index contributed by atoms with van der Waals surface area (Å²) in [4.78, 5) is 36.1. The highest BCUT2D eigenvalue weighted by Gasteiger charge is 2.37. The number of dihydropyridines is 1. The number of carbonyl (C=O) groups is 2. The van der Waals surface area contributed by atoms with Gasteiger partial charge in [-0.25, -0.2) is 0 Å². The lowest BCUT2D eigenvalue weighted by Gasteiger charge is -2.38. The third-order valence-corrected chi connectivity index (χ3v) is 9.38. The average molecular weight is 511 g/mol. The minimum Gasteiger partial charge on any atom is -0.372 e. The van der Waals surface area contributed by atoms with Crippen LogP contribution in [-0.4, -0.2) is 66.1 Å². The molecule has 2 saturated heterocycles. The Morgan fingerprint density at radius 1 is 1.25 bits per heavy atom.